The molecular formula is C24H21ClN2O4S. The molecule has 0 aliphatic carbocycles. The summed E-state index contributed by atoms with van der Waals surface area (Å²) in [5.41, 5.74) is 2.06. The highest BCUT2D eigenvalue weighted by Gasteiger charge is 2.24. The molecule has 1 N–H and O–H groups in total. The van der Waals surface area contributed by atoms with Gasteiger partial charge in [0.2, 0.25) is 15.7 Å². The van der Waals surface area contributed by atoms with Gasteiger partial charge in [-0.15, -0.1) is 0 Å². The van der Waals surface area contributed by atoms with E-state index < -0.39 is 9.84 Å². The van der Waals surface area contributed by atoms with Crippen LogP contribution in [0.25, 0.3) is 10.9 Å². The van der Waals surface area contributed by atoms with Crippen molar-refractivity contribution in [1.82, 2.24) is 4.57 Å². The second-order valence-corrected chi connectivity index (χ2v) is 9.70. The molecule has 0 fully saturated rings. The van der Waals surface area contributed by atoms with E-state index in [0.29, 0.717) is 27.4 Å². The van der Waals surface area contributed by atoms with Crippen LogP contribution in [0.3, 0.4) is 0 Å². The molecule has 0 radical (unpaired) electrons. The second kappa shape index (κ2) is 8.68. The maximum Gasteiger partial charge on any atom is 0.244 e. The van der Waals surface area contributed by atoms with Crippen molar-refractivity contribution in [2.24, 2.45) is 0 Å². The molecule has 0 aliphatic heterocycles. The SMILES string of the molecule is COc1ccc(Cl)cc1NC(=O)Cn1cc(S(=O)(=O)c2ccc(C)cc2)c2ccccc21. The van der Waals surface area contributed by atoms with Crippen LogP contribution in [0, 0.1) is 6.92 Å². The third-order valence-corrected chi connectivity index (χ3v) is 7.15. The molecule has 4 aromatic rings. The van der Waals surface area contributed by atoms with Gasteiger partial charge in [0.05, 0.1) is 22.6 Å². The van der Waals surface area contributed by atoms with Crippen molar-refractivity contribution in [2.45, 2.75) is 23.3 Å². The van der Waals surface area contributed by atoms with Crippen LogP contribution in [0.4, 0.5) is 5.69 Å². The number of aryl methyl sites for hydroxylation is 1. The Bertz CT molecular complexity index is 1410. The summed E-state index contributed by atoms with van der Waals surface area (Å²) in [5.74, 6) is 0.133. The molecule has 0 unspecified atom stereocenters. The summed E-state index contributed by atoms with van der Waals surface area (Å²) in [7, 11) is -2.26. The minimum Gasteiger partial charge on any atom is -0.495 e. The number of hydrogen-bond acceptors (Lipinski definition) is 4. The Kier molecular flexibility index (Phi) is 5.95. The molecule has 0 saturated heterocycles. The summed E-state index contributed by atoms with van der Waals surface area (Å²) < 4.78 is 33.5. The molecule has 4 rings (SSSR count). The first-order chi connectivity index (χ1) is 15.3. The number of carbonyl (C=O) groups excluding carboxylic acids is 1. The number of amides is 1. The molecule has 164 valence electrons. The first kappa shape index (κ1) is 21.9. The minimum atomic E-state index is -3.76. The molecule has 1 heterocycles. The van der Waals surface area contributed by atoms with Crippen molar-refractivity contribution in [2.75, 3.05) is 12.4 Å². The Hall–Kier alpha value is -3.29. The molecule has 0 saturated carbocycles. The molecule has 1 amide bonds. The van der Waals surface area contributed by atoms with Crippen LogP contribution in [0.5, 0.6) is 5.75 Å². The van der Waals surface area contributed by atoms with Gasteiger partial charge in [-0.05, 0) is 43.3 Å². The molecule has 0 atom stereocenters. The van der Waals surface area contributed by atoms with Gasteiger partial charge >= 0.3 is 0 Å². The largest absolute Gasteiger partial charge is 0.495 e. The van der Waals surface area contributed by atoms with E-state index >= 15 is 0 Å². The van der Waals surface area contributed by atoms with Crippen LogP contribution in [-0.2, 0) is 21.2 Å². The zero-order valence-corrected chi connectivity index (χ0v) is 19.1. The average molecular weight is 469 g/mol. The maximum absolute atomic E-state index is 13.3. The third-order valence-electron chi connectivity index (χ3n) is 5.12. The first-order valence-electron chi connectivity index (χ1n) is 9.82. The number of rotatable bonds is 6. The first-order valence-corrected chi connectivity index (χ1v) is 11.7. The lowest BCUT2D eigenvalue weighted by Crippen LogP contribution is -2.18. The Morgan fingerprint density at radius 1 is 1.06 bits per heavy atom. The smallest absolute Gasteiger partial charge is 0.244 e. The van der Waals surface area contributed by atoms with E-state index in [-0.39, 0.29) is 22.2 Å². The summed E-state index contributed by atoms with van der Waals surface area (Å²) in [6.45, 7) is 1.81. The Morgan fingerprint density at radius 3 is 2.50 bits per heavy atom. The van der Waals surface area contributed by atoms with E-state index in [1.807, 2.05) is 6.92 Å². The normalized spacial score (nSPS) is 11.5. The molecule has 3 aromatic carbocycles. The number of sulfone groups is 1. The summed E-state index contributed by atoms with van der Waals surface area (Å²) in [6.07, 6.45) is 1.51. The van der Waals surface area contributed by atoms with Crippen LogP contribution >= 0.6 is 11.6 Å². The maximum atomic E-state index is 13.3. The number of fused-ring (bicyclic) bond motifs is 1. The van der Waals surface area contributed by atoms with Crippen LogP contribution in [0.2, 0.25) is 5.02 Å². The summed E-state index contributed by atoms with van der Waals surface area (Å²) in [5, 5.41) is 3.80. The van der Waals surface area contributed by atoms with Crippen molar-refractivity contribution in [3.63, 3.8) is 0 Å². The number of halogens is 1. The lowest BCUT2D eigenvalue weighted by Gasteiger charge is -2.11. The van der Waals surface area contributed by atoms with Gasteiger partial charge in [-0.2, -0.15) is 0 Å². The van der Waals surface area contributed by atoms with Crippen molar-refractivity contribution in [3.8, 4) is 5.75 Å². The second-order valence-electron chi connectivity index (χ2n) is 7.35. The number of aromatic nitrogens is 1. The van der Waals surface area contributed by atoms with Gasteiger partial charge in [-0.3, -0.25) is 4.79 Å². The number of carbonyl (C=O) groups is 1. The Labute approximate surface area is 191 Å². The quantitative estimate of drug-likeness (QED) is 0.428. The fourth-order valence-electron chi connectivity index (χ4n) is 3.52. The summed E-state index contributed by atoms with van der Waals surface area (Å²) >= 11 is 6.04. The molecule has 1 aromatic heterocycles. The van der Waals surface area contributed by atoms with E-state index in [1.165, 1.54) is 13.3 Å². The van der Waals surface area contributed by atoms with Gasteiger partial charge in [0.15, 0.2) is 0 Å². The number of nitrogens with zero attached hydrogens (tertiary/aromatic N) is 1. The molecule has 6 nitrogen and oxygen atoms in total. The Morgan fingerprint density at radius 2 is 1.78 bits per heavy atom. The Balaban J connectivity index is 1.70. The van der Waals surface area contributed by atoms with Crippen LogP contribution in [-0.4, -0.2) is 26.0 Å². The van der Waals surface area contributed by atoms with Gasteiger partial charge in [-0.25, -0.2) is 8.42 Å². The molecule has 8 heteroatoms. The topological polar surface area (TPSA) is 77.4 Å². The van der Waals surface area contributed by atoms with E-state index in [0.717, 1.165) is 5.56 Å². The molecular weight excluding hydrogens is 448 g/mol. The number of hydrogen-bond donors (Lipinski definition) is 1. The van der Waals surface area contributed by atoms with E-state index in [2.05, 4.69) is 5.32 Å². The van der Waals surface area contributed by atoms with E-state index in [4.69, 9.17) is 16.3 Å². The van der Waals surface area contributed by atoms with Crippen molar-refractivity contribution >= 4 is 43.9 Å². The number of ether oxygens (including phenoxy) is 1. The van der Waals surface area contributed by atoms with Crippen LogP contribution in [0.15, 0.2) is 82.7 Å². The highest BCUT2D eigenvalue weighted by Crippen LogP contribution is 2.31. The van der Waals surface area contributed by atoms with Crippen molar-refractivity contribution < 1.29 is 17.9 Å². The highest BCUT2D eigenvalue weighted by atomic mass is 35.5. The fourth-order valence-corrected chi connectivity index (χ4v) is 5.17. The predicted octanol–water partition coefficient (Wildman–Crippen LogP) is 5.08. The van der Waals surface area contributed by atoms with Crippen LogP contribution < -0.4 is 10.1 Å². The number of benzene rings is 3. The molecule has 32 heavy (non-hydrogen) atoms. The van der Waals surface area contributed by atoms with E-state index in [9.17, 15) is 13.2 Å². The monoisotopic (exact) mass is 468 g/mol. The fraction of sp³-hybridized carbons (Fsp3) is 0.125. The van der Waals surface area contributed by atoms with Gasteiger partial charge < -0.3 is 14.6 Å². The lowest BCUT2D eigenvalue weighted by molar-refractivity contribution is -0.116. The lowest BCUT2D eigenvalue weighted by atomic mass is 10.2. The third kappa shape index (κ3) is 4.22. The van der Waals surface area contributed by atoms with Crippen molar-refractivity contribution in [3.05, 3.63) is 83.5 Å². The molecule has 0 aliphatic rings. The number of methoxy groups -OCH3 is 1. The summed E-state index contributed by atoms with van der Waals surface area (Å²) in [6, 6.07) is 18.7. The molecule has 0 bridgehead atoms. The van der Waals surface area contributed by atoms with Gasteiger partial charge in [0.25, 0.3) is 0 Å². The van der Waals surface area contributed by atoms with Gasteiger partial charge in [-0.1, -0.05) is 47.5 Å². The number of anilines is 1. The summed E-state index contributed by atoms with van der Waals surface area (Å²) in [4.78, 5) is 13.2. The minimum absolute atomic E-state index is 0.0837. The zero-order chi connectivity index (χ0) is 22.9. The van der Waals surface area contributed by atoms with Crippen LogP contribution in [0.1, 0.15) is 5.56 Å². The average Bonchev–Trinajstić information content (AvgIpc) is 3.13. The number of nitrogens with one attached hydrogen (secondary N) is 1. The van der Waals surface area contributed by atoms with Gasteiger partial charge in [0, 0.05) is 22.1 Å². The van der Waals surface area contributed by atoms with Gasteiger partial charge in [0.1, 0.15) is 12.3 Å². The van der Waals surface area contributed by atoms with E-state index in [1.54, 1.807) is 71.3 Å². The highest BCUT2D eigenvalue weighted by molar-refractivity contribution is 7.91. The zero-order valence-electron chi connectivity index (χ0n) is 17.5. The predicted molar refractivity (Wildman–Crippen MR) is 125 cm³/mol. The standard InChI is InChI=1S/C24H21ClN2O4S/c1-16-7-10-18(11-8-16)32(29,30)23-14-27(21-6-4-3-5-19(21)23)15-24(28)26-20-13-17(25)9-12-22(20)31-2/h3-14H,15H2,1-2H3,(H,26,28). The van der Waals surface area contributed by atoms with Crippen molar-refractivity contribution in [1.29, 1.82) is 0 Å². The molecule has 0 spiro atoms. The number of para-hydroxylation sites is 1.